The Morgan fingerprint density at radius 3 is 2.44 bits per heavy atom. The third-order valence-corrected chi connectivity index (χ3v) is 3.20. The summed E-state index contributed by atoms with van der Waals surface area (Å²) in [5.41, 5.74) is 3.32. The fourth-order valence-electron chi connectivity index (χ4n) is 2.02. The predicted molar refractivity (Wildman–Crippen MR) is 74.7 cm³/mol. The van der Waals surface area contributed by atoms with Gasteiger partial charge in [0.25, 0.3) is 0 Å². The van der Waals surface area contributed by atoms with E-state index in [1.807, 2.05) is 10.7 Å². The van der Waals surface area contributed by atoms with Gasteiger partial charge >= 0.3 is 0 Å². The van der Waals surface area contributed by atoms with Crippen molar-refractivity contribution in [2.75, 3.05) is 0 Å². The number of rotatable bonds is 7. The Labute approximate surface area is 110 Å². The van der Waals surface area contributed by atoms with Crippen LogP contribution in [-0.4, -0.2) is 15.6 Å². The highest BCUT2D eigenvalue weighted by molar-refractivity contribution is 5.91. The number of aryl methyl sites for hydroxylation is 2. The Bertz CT molecular complexity index is 424. The zero-order valence-corrected chi connectivity index (χ0v) is 12.0. The van der Waals surface area contributed by atoms with E-state index >= 15 is 0 Å². The maximum atomic E-state index is 12.0. The molecular weight excluding hydrogens is 224 g/mol. The molecule has 0 atom stereocenters. The Hall–Kier alpha value is -1.38. The number of nitrogens with zero attached hydrogens (tertiary/aromatic N) is 2. The van der Waals surface area contributed by atoms with Gasteiger partial charge in [-0.3, -0.25) is 9.48 Å². The molecule has 3 heteroatoms. The summed E-state index contributed by atoms with van der Waals surface area (Å²) >= 11 is 0. The van der Waals surface area contributed by atoms with Crippen molar-refractivity contribution < 1.29 is 4.79 Å². The van der Waals surface area contributed by atoms with Crippen molar-refractivity contribution in [2.24, 2.45) is 0 Å². The third-order valence-electron chi connectivity index (χ3n) is 3.20. The van der Waals surface area contributed by atoms with Crippen LogP contribution in [0.15, 0.2) is 17.7 Å². The van der Waals surface area contributed by atoms with Gasteiger partial charge in [0.05, 0.1) is 12.1 Å². The van der Waals surface area contributed by atoms with Crippen LogP contribution < -0.4 is 0 Å². The number of aromatic nitrogens is 2. The molecule has 1 heterocycles. The highest BCUT2D eigenvalue weighted by Gasteiger charge is 2.09. The van der Waals surface area contributed by atoms with Crippen LogP contribution in [0.4, 0.5) is 0 Å². The number of carbonyl (C=O) groups excluding carboxylic acids is 1. The van der Waals surface area contributed by atoms with E-state index < -0.39 is 0 Å². The molecule has 0 saturated carbocycles. The van der Waals surface area contributed by atoms with Crippen LogP contribution in [-0.2, 0) is 24.2 Å². The zero-order chi connectivity index (χ0) is 13.5. The SMILES string of the molecule is CCC(=CC(=O)Cc1cc(CC)nn1CC)CC. The van der Waals surface area contributed by atoms with E-state index in [2.05, 4.69) is 32.8 Å². The van der Waals surface area contributed by atoms with Crippen molar-refractivity contribution in [1.29, 1.82) is 0 Å². The van der Waals surface area contributed by atoms with Crippen LogP contribution in [0.3, 0.4) is 0 Å². The van der Waals surface area contributed by atoms with Gasteiger partial charge in [-0.1, -0.05) is 26.3 Å². The summed E-state index contributed by atoms with van der Waals surface area (Å²) in [6.07, 6.45) is 5.09. The fourth-order valence-corrected chi connectivity index (χ4v) is 2.02. The molecule has 0 aromatic carbocycles. The topological polar surface area (TPSA) is 34.9 Å². The summed E-state index contributed by atoms with van der Waals surface area (Å²) in [4.78, 5) is 12.0. The Balaban J connectivity index is 2.81. The van der Waals surface area contributed by atoms with Gasteiger partial charge in [0.1, 0.15) is 0 Å². The molecule has 0 aliphatic rings. The second-order valence-corrected chi connectivity index (χ2v) is 4.45. The van der Waals surface area contributed by atoms with Gasteiger partial charge in [0.2, 0.25) is 0 Å². The number of ketones is 1. The largest absolute Gasteiger partial charge is 0.294 e. The van der Waals surface area contributed by atoms with Gasteiger partial charge in [0.15, 0.2) is 5.78 Å². The molecule has 0 radical (unpaired) electrons. The number of allylic oxidation sites excluding steroid dienone is 2. The van der Waals surface area contributed by atoms with Crippen LogP contribution in [0, 0.1) is 0 Å². The van der Waals surface area contributed by atoms with Gasteiger partial charge in [-0.05, 0) is 38.3 Å². The predicted octanol–water partition coefficient (Wildman–Crippen LogP) is 3.32. The second-order valence-electron chi connectivity index (χ2n) is 4.45. The molecule has 0 aliphatic carbocycles. The molecule has 0 amide bonds. The van der Waals surface area contributed by atoms with Gasteiger partial charge in [-0.25, -0.2) is 0 Å². The Kier molecular flexibility index (Phi) is 5.83. The summed E-state index contributed by atoms with van der Waals surface area (Å²) in [7, 11) is 0. The first-order chi connectivity index (χ1) is 8.64. The van der Waals surface area contributed by atoms with Crippen molar-refractivity contribution in [3.63, 3.8) is 0 Å². The van der Waals surface area contributed by atoms with E-state index in [1.165, 1.54) is 5.57 Å². The van der Waals surface area contributed by atoms with E-state index in [9.17, 15) is 4.79 Å². The first-order valence-corrected chi connectivity index (χ1v) is 6.92. The molecule has 0 N–H and O–H groups in total. The van der Waals surface area contributed by atoms with Crippen molar-refractivity contribution in [3.05, 3.63) is 29.1 Å². The minimum atomic E-state index is 0.186. The summed E-state index contributed by atoms with van der Waals surface area (Å²) in [6, 6.07) is 2.05. The second kappa shape index (κ2) is 7.14. The summed E-state index contributed by atoms with van der Waals surface area (Å²) in [5, 5.41) is 4.46. The van der Waals surface area contributed by atoms with Gasteiger partial charge in [-0.15, -0.1) is 0 Å². The average molecular weight is 248 g/mol. The van der Waals surface area contributed by atoms with E-state index in [-0.39, 0.29) is 5.78 Å². The standard InChI is InChI=1S/C15H24N2O/c1-5-12(6-2)9-15(18)11-14-10-13(7-3)16-17(14)8-4/h9-10H,5-8,11H2,1-4H3. The minimum Gasteiger partial charge on any atom is -0.294 e. The minimum absolute atomic E-state index is 0.186. The molecule has 1 aromatic heterocycles. The molecule has 0 fully saturated rings. The Morgan fingerprint density at radius 1 is 1.28 bits per heavy atom. The molecule has 1 rings (SSSR count). The summed E-state index contributed by atoms with van der Waals surface area (Å²) in [6.45, 7) is 9.14. The van der Waals surface area contributed by atoms with Crippen molar-refractivity contribution in [2.45, 2.75) is 59.9 Å². The van der Waals surface area contributed by atoms with Crippen LogP contribution in [0.5, 0.6) is 0 Å². The lowest BCUT2D eigenvalue weighted by Gasteiger charge is -2.03. The molecule has 100 valence electrons. The maximum Gasteiger partial charge on any atom is 0.161 e. The monoisotopic (exact) mass is 248 g/mol. The van der Waals surface area contributed by atoms with E-state index in [4.69, 9.17) is 0 Å². The summed E-state index contributed by atoms with van der Waals surface area (Å²) in [5.74, 6) is 0.186. The molecule has 0 saturated heterocycles. The molecule has 18 heavy (non-hydrogen) atoms. The summed E-state index contributed by atoms with van der Waals surface area (Å²) < 4.78 is 1.93. The third kappa shape index (κ3) is 3.83. The van der Waals surface area contributed by atoms with E-state index in [1.54, 1.807) is 6.08 Å². The van der Waals surface area contributed by atoms with Crippen LogP contribution in [0.25, 0.3) is 0 Å². The molecule has 0 unspecified atom stereocenters. The Morgan fingerprint density at radius 2 is 1.94 bits per heavy atom. The van der Waals surface area contributed by atoms with Crippen molar-refractivity contribution in [3.8, 4) is 0 Å². The molecule has 1 aromatic rings. The molecule has 3 nitrogen and oxygen atoms in total. The molecule has 0 spiro atoms. The fraction of sp³-hybridized carbons (Fsp3) is 0.600. The number of hydrogen-bond donors (Lipinski definition) is 0. The maximum absolute atomic E-state index is 12.0. The quantitative estimate of drug-likeness (QED) is 0.694. The normalized spacial score (nSPS) is 10.4. The van der Waals surface area contributed by atoms with E-state index in [0.717, 1.165) is 37.2 Å². The van der Waals surface area contributed by atoms with Gasteiger partial charge < -0.3 is 0 Å². The lowest BCUT2D eigenvalue weighted by Crippen LogP contribution is -2.08. The van der Waals surface area contributed by atoms with Gasteiger partial charge in [-0.2, -0.15) is 5.10 Å². The number of carbonyl (C=O) groups is 1. The average Bonchev–Trinajstić information content (AvgIpc) is 2.78. The van der Waals surface area contributed by atoms with Gasteiger partial charge in [0, 0.05) is 12.2 Å². The van der Waals surface area contributed by atoms with Crippen LogP contribution >= 0.6 is 0 Å². The zero-order valence-electron chi connectivity index (χ0n) is 12.0. The highest BCUT2D eigenvalue weighted by atomic mass is 16.1. The smallest absolute Gasteiger partial charge is 0.161 e. The first kappa shape index (κ1) is 14.7. The van der Waals surface area contributed by atoms with Crippen molar-refractivity contribution >= 4 is 5.78 Å². The lowest BCUT2D eigenvalue weighted by atomic mass is 10.1. The molecule has 0 bridgehead atoms. The van der Waals surface area contributed by atoms with E-state index in [0.29, 0.717) is 6.42 Å². The molecular formula is C15H24N2O. The highest BCUT2D eigenvalue weighted by Crippen LogP contribution is 2.10. The first-order valence-electron chi connectivity index (χ1n) is 6.92. The van der Waals surface area contributed by atoms with Crippen molar-refractivity contribution in [1.82, 2.24) is 9.78 Å². The van der Waals surface area contributed by atoms with Crippen LogP contribution in [0.2, 0.25) is 0 Å². The van der Waals surface area contributed by atoms with Crippen LogP contribution in [0.1, 0.15) is 51.9 Å². The lowest BCUT2D eigenvalue weighted by molar-refractivity contribution is -0.114. The number of hydrogen-bond acceptors (Lipinski definition) is 2. The molecule has 0 aliphatic heterocycles.